The molecule has 2 aromatic heterocycles. The molecule has 5 atom stereocenters. The quantitative estimate of drug-likeness (QED) is 0.365. The number of rotatable bonds is 7. The van der Waals surface area contributed by atoms with Crippen molar-refractivity contribution in [2.75, 3.05) is 18.9 Å². The Morgan fingerprint density at radius 3 is 2.88 bits per heavy atom. The minimum atomic E-state index is -4.15. The van der Waals surface area contributed by atoms with Crippen molar-refractivity contribution in [1.29, 1.82) is 0 Å². The van der Waals surface area contributed by atoms with Crippen molar-refractivity contribution in [2.45, 2.75) is 70.9 Å². The number of nitrogens with one attached hydrogen (secondary N) is 1. The van der Waals surface area contributed by atoms with E-state index in [1.54, 1.807) is 20.8 Å². The molecule has 0 amide bonds. The third-order valence-corrected chi connectivity index (χ3v) is 7.38. The van der Waals surface area contributed by atoms with Crippen molar-refractivity contribution < 1.29 is 37.3 Å². The molecular formula is C19H30FN6O7P. The standard InChI is InChI=1S/C19H30FN6O7P/c1-6-29-15-12-14(23-18(21)24-15)26(8-22-12)17-19(5,20)13-11(32-17)7-30-34(28,33-13)25-10(4)16(27)31-9(2)3/h8-11,13,17,25,28,34H,6-7H2,1-5H3,(H2,21,23,24)/t10?,11-,13-,17-,19-/m1/s1. The van der Waals surface area contributed by atoms with Gasteiger partial charge in [-0.25, -0.2) is 0 Å². The van der Waals surface area contributed by atoms with Crippen molar-refractivity contribution >= 4 is 31.2 Å². The van der Waals surface area contributed by atoms with Crippen molar-refractivity contribution in [3.8, 4) is 5.88 Å². The van der Waals surface area contributed by atoms with Gasteiger partial charge in [-0.05, 0) is 0 Å². The Morgan fingerprint density at radius 1 is 1.47 bits per heavy atom. The summed E-state index contributed by atoms with van der Waals surface area (Å²) in [7, 11) is -4.15. The summed E-state index contributed by atoms with van der Waals surface area (Å²) in [6, 6.07) is -0.936. The van der Waals surface area contributed by atoms with Gasteiger partial charge in [0.1, 0.15) is 0 Å². The van der Waals surface area contributed by atoms with Gasteiger partial charge in [-0.15, -0.1) is 0 Å². The zero-order valence-electron chi connectivity index (χ0n) is 19.5. The number of hydrogen-bond donors (Lipinski definition) is 3. The number of nitrogens with zero attached hydrogens (tertiary/aromatic N) is 4. The number of fused-ring (bicyclic) bond motifs is 2. The molecule has 4 rings (SSSR count). The van der Waals surface area contributed by atoms with E-state index < -0.39 is 44.2 Å². The number of ether oxygens (including phenoxy) is 3. The fraction of sp³-hybridized carbons (Fsp3) is 0.684. The summed E-state index contributed by atoms with van der Waals surface area (Å²) in [6.45, 7) is 8.15. The molecule has 4 heterocycles. The number of hydrogen-bond acceptors (Lipinski definition) is 12. The molecule has 0 radical (unpaired) electrons. The van der Waals surface area contributed by atoms with E-state index in [0.717, 1.165) is 0 Å². The van der Waals surface area contributed by atoms with Crippen LogP contribution in [0, 0.1) is 0 Å². The van der Waals surface area contributed by atoms with Crippen molar-refractivity contribution in [3.05, 3.63) is 6.33 Å². The maximum atomic E-state index is 16.2. The molecule has 190 valence electrons. The van der Waals surface area contributed by atoms with E-state index in [9.17, 15) is 9.69 Å². The topological polar surface area (TPSA) is 165 Å². The minimum absolute atomic E-state index is 0.0680. The van der Waals surface area contributed by atoms with E-state index >= 15 is 4.39 Å². The molecule has 2 fully saturated rings. The third-order valence-electron chi connectivity index (χ3n) is 5.46. The molecule has 2 aromatic rings. The van der Waals surface area contributed by atoms with E-state index in [2.05, 4.69) is 20.0 Å². The van der Waals surface area contributed by atoms with E-state index in [1.807, 2.05) is 0 Å². The van der Waals surface area contributed by atoms with Crippen LogP contribution >= 0.6 is 8.09 Å². The Kier molecular flexibility index (Phi) is 6.66. The predicted molar refractivity (Wildman–Crippen MR) is 120 cm³/mol. The molecule has 34 heavy (non-hydrogen) atoms. The van der Waals surface area contributed by atoms with Crippen LogP contribution in [0.2, 0.25) is 0 Å². The summed E-state index contributed by atoms with van der Waals surface area (Å²) in [5.74, 6) is -0.491. The van der Waals surface area contributed by atoms with E-state index in [1.165, 1.54) is 24.7 Å². The molecule has 15 heteroatoms. The summed E-state index contributed by atoms with van der Waals surface area (Å²) in [6.07, 6.45) is -2.25. The molecule has 0 spiro atoms. The van der Waals surface area contributed by atoms with Gasteiger partial charge in [0, 0.05) is 0 Å². The monoisotopic (exact) mass is 504 g/mol. The summed E-state index contributed by atoms with van der Waals surface area (Å²) in [5.41, 5.74) is 4.19. The molecule has 0 aliphatic carbocycles. The number of esters is 1. The van der Waals surface area contributed by atoms with Crippen LogP contribution in [0.3, 0.4) is 0 Å². The Labute approximate surface area is 195 Å². The van der Waals surface area contributed by atoms with Gasteiger partial charge in [-0.2, -0.15) is 0 Å². The molecule has 0 bridgehead atoms. The van der Waals surface area contributed by atoms with Gasteiger partial charge in [0.05, 0.1) is 0 Å². The molecule has 1 unspecified atom stereocenters. The van der Waals surface area contributed by atoms with Gasteiger partial charge in [-0.3, -0.25) is 0 Å². The summed E-state index contributed by atoms with van der Waals surface area (Å²) >= 11 is 0. The number of alkyl halides is 1. The number of halogens is 1. The SMILES string of the molecule is CCOc1nc(N)nc2c1ncn2[C@@H]1O[C@@H]2CO[PH](O)(NC(C)C(=O)OC(C)C)O[C@H]2[C@@]1(C)F. The van der Waals surface area contributed by atoms with E-state index in [4.69, 9.17) is 29.0 Å². The van der Waals surface area contributed by atoms with Gasteiger partial charge in [0.25, 0.3) is 0 Å². The Balaban J connectivity index is 1.58. The number of carbonyl (C=O) groups excluding carboxylic acids is 1. The van der Waals surface area contributed by atoms with Crippen molar-refractivity contribution in [3.63, 3.8) is 0 Å². The van der Waals surface area contributed by atoms with Gasteiger partial charge in [-0.1, -0.05) is 0 Å². The van der Waals surface area contributed by atoms with Crippen LogP contribution in [0.15, 0.2) is 6.33 Å². The average molecular weight is 504 g/mol. The van der Waals surface area contributed by atoms with Crippen LogP contribution in [-0.2, 0) is 23.3 Å². The van der Waals surface area contributed by atoms with Crippen molar-refractivity contribution in [2.24, 2.45) is 0 Å². The number of aromatic nitrogens is 4. The Morgan fingerprint density at radius 2 is 2.21 bits per heavy atom. The fourth-order valence-corrected chi connectivity index (χ4v) is 5.99. The molecule has 13 nitrogen and oxygen atoms in total. The molecule has 2 aliphatic heterocycles. The number of carbonyl (C=O) groups is 1. The van der Waals surface area contributed by atoms with Crippen LogP contribution in [0.1, 0.15) is 40.8 Å². The second kappa shape index (κ2) is 9.10. The fourth-order valence-electron chi connectivity index (χ4n) is 3.99. The second-order valence-corrected chi connectivity index (χ2v) is 10.6. The third kappa shape index (κ3) is 4.53. The number of nitrogen functional groups attached to an aromatic ring is 1. The molecule has 2 aliphatic rings. The first kappa shape index (κ1) is 24.9. The van der Waals surface area contributed by atoms with Gasteiger partial charge < -0.3 is 0 Å². The van der Waals surface area contributed by atoms with Gasteiger partial charge in [0.2, 0.25) is 0 Å². The number of anilines is 1. The van der Waals surface area contributed by atoms with Gasteiger partial charge in [0.15, 0.2) is 0 Å². The average Bonchev–Trinajstić information content (AvgIpc) is 3.25. The first-order valence-corrected chi connectivity index (χ1v) is 12.7. The van der Waals surface area contributed by atoms with Crippen LogP contribution in [0.25, 0.3) is 11.2 Å². The molecule has 0 saturated carbocycles. The first-order chi connectivity index (χ1) is 15.9. The summed E-state index contributed by atoms with van der Waals surface area (Å²) in [4.78, 5) is 35.5. The maximum absolute atomic E-state index is 16.2. The second-order valence-electron chi connectivity index (χ2n) is 8.61. The van der Waals surface area contributed by atoms with Crippen LogP contribution in [-0.4, -0.2) is 73.6 Å². The Hall–Kier alpha value is -2.22. The molecule has 2 saturated heterocycles. The van der Waals surface area contributed by atoms with E-state index in [-0.39, 0.29) is 30.2 Å². The molecule has 4 N–H and O–H groups in total. The zero-order valence-corrected chi connectivity index (χ0v) is 20.5. The summed E-state index contributed by atoms with van der Waals surface area (Å²) < 4.78 is 45.3. The van der Waals surface area contributed by atoms with Crippen LogP contribution in [0.4, 0.5) is 10.3 Å². The normalized spacial score (nSPS) is 30.2. The number of nitrogens with two attached hydrogens (primary N) is 1. The first-order valence-electron chi connectivity index (χ1n) is 10.9. The number of imidazole rings is 1. The van der Waals surface area contributed by atoms with E-state index in [0.29, 0.717) is 12.1 Å². The molecule has 0 aromatic carbocycles. The molecular weight excluding hydrogens is 474 g/mol. The van der Waals surface area contributed by atoms with Crippen LogP contribution < -0.4 is 15.6 Å². The zero-order chi connectivity index (χ0) is 24.8. The summed E-state index contributed by atoms with van der Waals surface area (Å²) in [5, 5.41) is 2.64. The van der Waals surface area contributed by atoms with Crippen molar-refractivity contribution in [1.82, 2.24) is 24.6 Å². The van der Waals surface area contributed by atoms with Gasteiger partial charge >= 0.3 is 195 Å². The van der Waals surface area contributed by atoms with Crippen LogP contribution in [0.5, 0.6) is 5.88 Å². The predicted octanol–water partition coefficient (Wildman–Crippen LogP) is 1.18. The Bertz CT molecular complexity index is 1070.